The van der Waals surface area contributed by atoms with Crippen molar-refractivity contribution in [3.8, 4) is 0 Å². The second-order valence-corrected chi connectivity index (χ2v) is 6.86. The number of ether oxygens (including phenoxy) is 1. The predicted octanol–water partition coefficient (Wildman–Crippen LogP) is 2.94. The van der Waals surface area contributed by atoms with Crippen molar-refractivity contribution in [1.82, 2.24) is 10.2 Å². The molecule has 1 amide bonds. The maximum atomic E-state index is 12.9. The van der Waals surface area contributed by atoms with Crippen LogP contribution in [0.25, 0.3) is 0 Å². The number of nitrogens with one attached hydrogen (secondary N) is 1. The summed E-state index contributed by atoms with van der Waals surface area (Å²) >= 11 is 0. The summed E-state index contributed by atoms with van der Waals surface area (Å²) in [6.07, 6.45) is 0.217. The minimum Gasteiger partial charge on any atom is -0.379 e. The Morgan fingerprint density at radius 3 is 2.36 bits per heavy atom. The van der Waals surface area contributed by atoms with Gasteiger partial charge in [0.1, 0.15) is 5.82 Å². The fourth-order valence-corrected chi connectivity index (χ4v) is 3.17. The Bertz CT molecular complexity index is 802. The van der Waals surface area contributed by atoms with Gasteiger partial charge in [0.2, 0.25) is 5.91 Å². The molecule has 3 rings (SSSR count). The average Bonchev–Trinajstić information content (AvgIpc) is 2.72. The van der Waals surface area contributed by atoms with Crippen LogP contribution in [-0.2, 0) is 22.6 Å². The number of ketones is 1. The number of hydrogen-bond donors (Lipinski definition) is 1. The summed E-state index contributed by atoms with van der Waals surface area (Å²) in [4.78, 5) is 26.6. The van der Waals surface area contributed by atoms with Gasteiger partial charge in [-0.05, 0) is 35.4 Å². The number of amides is 1. The standard InChI is InChI=1S/C22H25FN2O3/c23-20-7-5-17(6-8-20)21(26)9-10-22(27)24-15-18-3-1-2-4-19(18)16-25-11-13-28-14-12-25/h1-8H,9-16H2,(H,24,27). The summed E-state index contributed by atoms with van der Waals surface area (Å²) in [5, 5.41) is 2.90. The van der Waals surface area contributed by atoms with Crippen molar-refractivity contribution in [3.63, 3.8) is 0 Å². The third-order valence-corrected chi connectivity index (χ3v) is 4.84. The van der Waals surface area contributed by atoms with Crippen LogP contribution < -0.4 is 5.32 Å². The zero-order chi connectivity index (χ0) is 19.8. The lowest BCUT2D eigenvalue weighted by atomic mass is 10.1. The van der Waals surface area contributed by atoms with Crippen molar-refractivity contribution >= 4 is 11.7 Å². The molecule has 148 valence electrons. The molecular formula is C22H25FN2O3. The number of carbonyl (C=O) groups is 2. The Balaban J connectivity index is 1.47. The summed E-state index contributed by atoms with van der Waals surface area (Å²) in [7, 11) is 0. The Hall–Kier alpha value is -2.57. The molecule has 28 heavy (non-hydrogen) atoms. The Kier molecular flexibility index (Phi) is 7.28. The van der Waals surface area contributed by atoms with Crippen molar-refractivity contribution in [1.29, 1.82) is 0 Å². The molecule has 1 fully saturated rings. The van der Waals surface area contributed by atoms with E-state index in [0.29, 0.717) is 12.1 Å². The third-order valence-electron chi connectivity index (χ3n) is 4.84. The molecule has 1 aliphatic heterocycles. The van der Waals surface area contributed by atoms with Gasteiger partial charge >= 0.3 is 0 Å². The van der Waals surface area contributed by atoms with Crippen molar-refractivity contribution < 1.29 is 18.7 Å². The van der Waals surface area contributed by atoms with E-state index in [1.54, 1.807) is 0 Å². The van der Waals surface area contributed by atoms with Gasteiger partial charge in [-0.1, -0.05) is 24.3 Å². The van der Waals surface area contributed by atoms with Crippen LogP contribution in [0.4, 0.5) is 4.39 Å². The largest absolute Gasteiger partial charge is 0.379 e. The molecule has 0 radical (unpaired) electrons. The molecule has 1 aliphatic rings. The summed E-state index contributed by atoms with van der Waals surface area (Å²) in [6, 6.07) is 13.4. The lowest BCUT2D eigenvalue weighted by Gasteiger charge is -2.27. The first-order valence-corrected chi connectivity index (χ1v) is 9.54. The van der Waals surface area contributed by atoms with Crippen LogP contribution in [0.1, 0.15) is 34.3 Å². The average molecular weight is 384 g/mol. The first-order chi connectivity index (χ1) is 13.6. The first-order valence-electron chi connectivity index (χ1n) is 9.54. The Labute approximate surface area is 164 Å². The molecule has 1 N–H and O–H groups in total. The topological polar surface area (TPSA) is 58.6 Å². The lowest BCUT2D eigenvalue weighted by Crippen LogP contribution is -2.36. The highest BCUT2D eigenvalue weighted by molar-refractivity contribution is 5.97. The summed E-state index contributed by atoms with van der Waals surface area (Å²) in [5.41, 5.74) is 2.68. The van der Waals surface area contributed by atoms with Gasteiger partial charge in [0.05, 0.1) is 13.2 Å². The second-order valence-electron chi connectivity index (χ2n) is 6.86. The van der Waals surface area contributed by atoms with E-state index in [4.69, 9.17) is 4.74 Å². The van der Waals surface area contributed by atoms with Crippen LogP contribution in [0.5, 0.6) is 0 Å². The molecule has 0 unspecified atom stereocenters. The van der Waals surface area contributed by atoms with Crippen LogP contribution >= 0.6 is 0 Å². The van der Waals surface area contributed by atoms with Crippen LogP contribution in [0.15, 0.2) is 48.5 Å². The summed E-state index contributed by atoms with van der Waals surface area (Å²) in [6.45, 7) is 4.59. The van der Waals surface area contributed by atoms with E-state index in [9.17, 15) is 14.0 Å². The van der Waals surface area contributed by atoms with Crippen molar-refractivity contribution in [3.05, 3.63) is 71.0 Å². The van der Waals surface area contributed by atoms with Crippen molar-refractivity contribution in [2.24, 2.45) is 0 Å². The van der Waals surface area contributed by atoms with Gasteiger partial charge in [0.15, 0.2) is 5.78 Å². The van der Waals surface area contributed by atoms with E-state index in [2.05, 4.69) is 16.3 Å². The molecule has 0 atom stereocenters. The molecule has 6 heteroatoms. The van der Waals surface area contributed by atoms with Crippen molar-refractivity contribution in [2.45, 2.75) is 25.9 Å². The molecule has 1 heterocycles. The quantitative estimate of drug-likeness (QED) is 0.711. The van der Waals surface area contributed by atoms with Gasteiger partial charge in [0.25, 0.3) is 0 Å². The molecule has 0 saturated carbocycles. The minimum atomic E-state index is -0.384. The number of nitrogens with zero attached hydrogens (tertiary/aromatic N) is 1. The van der Waals surface area contributed by atoms with Gasteiger partial charge in [0, 0.05) is 44.6 Å². The highest BCUT2D eigenvalue weighted by atomic mass is 19.1. The fraction of sp³-hybridized carbons (Fsp3) is 0.364. The number of Topliss-reactive ketones (excluding diaryl/α,β-unsaturated/α-hetero) is 1. The van der Waals surface area contributed by atoms with Crippen LogP contribution in [-0.4, -0.2) is 42.9 Å². The minimum absolute atomic E-state index is 0.104. The van der Waals surface area contributed by atoms with Gasteiger partial charge in [-0.25, -0.2) is 4.39 Å². The number of rotatable bonds is 8. The van der Waals surface area contributed by atoms with E-state index in [-0.39, 0.29) is 30.3 Å². The van der Waals surface area contributed by atoms with E-state index in [1.807, 2.05) is 18.2 Å². The van der Waals surface area contributed by atoms with Gasteiger partial charge in [-0.2, -0.15) is 0 Å². The highest BCUT2D eigenvalue weighted by Crippen LogP contribution is 2.13. The molecule has 0 aliphatic carbocycles. The van der Waals surface area contributed by atoms with E-state index >= 15 is 0 Å². The molecule has 1 saturated heterocycles. The lowest BCUT2D eigenvalue weighted by molar-refractivity contribution is -0.121. The zero-order valence-electron chi connectivity index (χ0n) is 15.8. The molecule has 0 bridgehead atoms. The number of carbonyl (C=O) groups excluding carboxylic acids is 2. The third kappa shape index (κ3) is 5.97. The molecule has 0 spiro atoms. The van der Waals surface area contributed by atoms with E-state index < -0.39 is 0 Å². The molecule has 2 aromatic rings. The van der Waals surface area contributed by atoms with Gasteiger partial charge < -0.3 is 10.1 Å². The number of morpholine rings is 1. The molecule has 2 aromatic carbocycles. The van der Waals surface area contributed by atoms with Crippen LogP contribution in [0.2, 0.25) is 0 Å². The SMILES string of the molecule is O=C(CCC(=O)c1ccc(F)cc1)NCc1ccccc1CN1CCOCC1. The zero-order valence-corrected chi connectivity index (χ0v) is 15.8. The predicted molar refractivity (Wildman–Crippen MR) is 104 cm³/mol. The number of benzene rings is 2. The second kappa shape index (κ2) is 10.1. The Morgan fingerprint density at radius 1 is 0.964 bits per heavy atom. The molecule has 5 nitrogen and oxygen atoms in total. The summed E-state index contributed by atoms with van der Waals surface area (Å²) in [5.74, 6) is -0.718. The van der Waals surface area contributed by atoms with Gasteiger partial charge in [-0.15, -0.1) is 0 Å². The Morgan fingerprint density at radius 2 is 1.64 bits per heavy atom. The molecular weight excluding hydrogens is 359 g/mol. The smallest absolute Gasteiger partial charge is 0.220 e. The fourth-order valence-electron chi connectivity index (χ4n) is 3.17. The monoisotopic (exact) mass is 384 g/mol. The van der Waals surface area contributed by atoms with E-state index in [1.165, 1.54) is 29.8 Å². The van der Waals surface area contributed by atoms with Crippen LogP contribution in [0, 0.1) is 5.82 Å². The van der Waals surface area contributed by atoms with Crippen LogP contribution in [0.3, 0.4) is 0 Å². The first kappa shape index (κ1) is 20.2. The maximum Gasteiger partial charge on any atom is 0.220 e. The van der Waals surface area contributed by atoms with E-state index in [0.717, 1.165) is 38.4 Å². The maximum absolute atomic E-state index is 12.9. The molecule has 0 aromatic heterocycles. The highest BCUT2D eigenvalue weighted by Gasteiger charge is 2.14. The van der Waals surface area contributed by atoms with Gasteiger partial charge in [-0.3, -0.25) is 14.5 Å². The summed E-state index contributed by atoms with van der Waals surface area (Å²) < 4.78 is 18.3. The normalized spacial score (nSPS) is 14.6. The van der Waals surface area contributed by atoms with Crippen molar-refractivity contribution in [2.75, 3.05) is 26.3 Å². The number of halogens is 1. The number of hydrogen-bond acceptors (Lipinski definition) is 4.